The Bertz CT molecular complexity index is 1160. The number of carbonyl (C=O) groups excluding carboxylic acids is 1. The molecule has 7 atom stereocenters. The summed E-state index contributed by atoms with van der Waals surface area (Å²) < 4.78 is 6.80. The molecular weight excluding hydrogens is 520 g/mol. The van der Waals surface area contributed by atoms with Crippen molar-refractivity contribution in [3.8, 4) is 6.07 Å². The minimum Gasteiger partial charge on any atom is -0.348 e. The molecule has 4 aliphatic heterocycles. The van der Waals surface area contributed by atoms with Gasteiger partial charge < -0.3 is 14.5 Å². The summed E-state index contributed by atoms with van der Waals surface area (Å²) in [7, 11) is 2.20. The number of benzene rings is 1. The highest BCUT2D eigenvalue weighted by molar-refractivity contribution is 8.01. The zero-order valence-electron chi connectivity index (χ0n) is 24.0. The molecular formula is C31H44N6O2S. The predicted octanol–water partition coefficient (Wildman–Crippen LogP) is 3.08. The van der Waals surface area contributed by atoms with E-state index in [2.05, 4.69) is 77.0 Å². The predicted molar refractivity (Wildman–Crippen MR) is 158 cm³/mol. The summed E-state index contributed by atoms with van der Waals surface area (Å²) in [6, 6.07) is 9.95. The maximum Gasteiger partial charge on any atom is 0.246 e. The lowest BCUT2D eigenvalue weighted by Gasteiger charge is -2.55. The first-order valence-electron chi connectivity index (χ1n) is 15.0. The van der Waals surface area contributed by atoms with Crippen LogP contribution < -0.4 is 10.6 Å². The molecule has 0 radical (unpaired) electrons. The van der Waals surface area contributed by atoms with E-state index in [4.69, 9.17) is 4.74 Å². The quantitative estimate of drug-likeness (QED) is 0.511. The van der Waals surface area contributed by atoms with Crippen molar-refractivity contribution in [1.82, 2.24) is 25.3 Å². The average Bonchev–Trinajstić information content (AvgIpc) is 3.52. The number of amides is 1. The number of fused-ring (bicyclic) bond motifs is 2. The molecule has 4 fully saturated rings. The number of nitriles is 1. The fourth-order valence-electron chi connectivity index (χ4n) is 7.83. The second-order valence-electron chi connectivity index (χ2n) is 12.6. The van der Waals surface area contributed by atoms with E-state index < -0.39 is 0 Å². The second kappa shape index (κ2) is 11.7. The summed E-state index contributed by atoms with van der Waals surface area (Å²) in [5.41, 5.74) is 2.84. The van der Waals surface area contributed by atoms with Gasteiger partial charge in [-0.25, -0.2) is 0 Å². The van der Waals surface area contributed by atoms with Crippen LogP contribution in [0.2, 0.25) is 0 Å². The number of likely N-dealkylation sites (N-methyl/N-ethyl adjacent to an activating group) is 1. The van der Waals surface area contributed by atoms with E-state index in [1.165, 1.54) is 41.4 Å². The van der Waals surface area contributed by atoms with Crippen LogP contribution in [-0.4, -0.2) is 95.8 Å². The SMILES string of the molecule is C=CC(=O)N1CCN(C2NC(OCC3CCCN3C)NC3C[C@]4(CCC32)Cc2ccc(C)cc2S4)CC1CC#N. The van der Waals surface area contributed by atoms with Crippen molar-refractivity contribution in [3.63, 3.8) is 0 Å². The number of piperazine rings is 1. The van der Waals surface area contributed by atoms with Gasteiger partial charge in [-0.05, 0) is 76.7 Å². The van der Waals surface area contributed by atoms with Gasteiger partial charge in [-0.3, -0.25) is 20.3 Å². The fourth-order valence-corrected chi connectivity index (χ4v) is 9.52. The van der Waals surface area contributed by atoms with E-state index in [1.54, 1.807) is 0 Å². The van der Waals surface area contributed by atoms with Crippen LogP contribution in [0.3, 0.4) is 0 Å². The zero-order valence-corrected chi connectivity index (χ0v) is 24.8. The first-order chi connectivity index (χ1) is 19.4. The van der Waals surface area contributed by atoms with Gasteiger partial charge in [-0.2, -0.15) is 5.26 Å². The molecule has 0 aromatic heterocycles. The van der Waals surface area contributed by atoms with Crippen molar-refractivity contribution in [2.75, 3.05) is 39.8 Å². The molecule has 2 N–H and O–H groups in total. The van der Waals surface area contributed by atoms with Crippen molar-refractivity contribution in [2.45, 2.75) is 92.2 Å². The van der Waals surface area contributed by atoms with Crippen molar-refractivity contribution < 1.29 is 9.53 Å². The smallest absolute Gasteiger partial charge is 0.246 e. The van der Waals surface area contributed by atoms with Crippen molar-refractivity contribution in [1.29, 1.82) is 5.26 Å². The lowest BCUT2D eigenvalue weighted by Crippen LogP contribution is -2.72. The highest BCUT2D eigenvalue weighted by atomic mass is 32.2. The first kappa shape index (κ1) is 28.2. The summed E-state index contributed by atoms with van der Waals surface area (Å²) in [6.45, 7) is 9.82. The maximum atomic E-state index is 12.5. The van der Waals surface area contributed by atoms with Crippen LogP contribution in [0.4, 0.5) is 0 Å². The van der Waals surface area contributed by atoms with Crippen LogP contribution in [0.5, 0.6) is 0 Å². The molecule has 6 unspecified atom stereocenters. The highest BCUT2D eigenvalue weighted by Crippen LogP contribution is 2.54. The molecule has 3 saturated heterocycles. The van der Waals surface area contributed by atoms with Crippen LogP contribution in [0.15, 0.2) is 35.7 Å². The molecule has 9 heteroatoms. The summed E-state index contributed by atoms with van der Waals surface area (Å²) >= 11 is 2.10. The van der Waals surface area contributed by atoms with E-state index in [1.807, 2.05) is 4.90 Å². The maximum absolute atomic E-state index is 12.5. The molecule has 8 nitrogen and oxygen atoms in total. The summed E-state index contributed by atoms with van der Waals surface area (Å²) in [6.07, 6.45) is 8.66. The summed E-state index contributed by atoms with van der Waals surface area (Å²) in [5, 5.41) is 17.3. The third-order valence-electron chi connectivity index (χ3n) is 10.0. The van der Waals surface area contributed by atoms with Gasteiger partial charge in [0.2, 0.25) is 5.91 Å². The van der Waals surface area contributed by atoms with Gasteiger partial charge in [-0.15, -0.1) is 11.8 Å². The Morgan fingerprint density at radius 2 is 2.15 bits per heavy atom. The number of nitrogens with zero attached hydrogens (tertiary/aromatic N) is 4. The molecule has 6 rings (SSSR count). The number of thioether (sulfide) groups is 1. The largest absolute Gasteiger partial charge is 0.348 e. The van der Waals surface area contributed by atoms with Gasteiger partial charge in [0.05, 0.1) is 31.3 Å². The van der Waals surface area contributed by atoms with Gasteiger partial charge in [0.1, 0.15) is 0 Å². The first-order valence-corrected chi connectivity index (χ1v) is 15.9. The van der Waals surface area contributed by atoms with Gasteiger partial charge in [0.15, 0.2) is 6.35 Å². The van der Waals surface area contributed by atoms with E-state index in [0.717, 1.165) is 32.4 Å². The van der Waals surface area contributed by atoms with E-state index >= 15 is 0 Å². The van der Waals surface area contributed by atoms with Gasteiger partial charge in [-0.1, -0.05) is 24.3 Å². The molecule has 1 aromatic carbocycles. The number of hydrogen-bond donors (Lipinski definition) is 2. The molecule has 1 amide bonds. The molecule has 0 bridgehead atoms. The Hall–Kier alpha value is -1.93. The number of hydrogen-bond acceptors (Lipinski definition) is 8. The number of aryl methyl sites for hydroxylation is 1. The van der Waals surface area contributed by atoms with Crippen molar-refractivity contribution in [2.24, 2.45) is 5.92 Å². The Labute approximate surface area is 243 Å². The topological polar surface area (TPSA) is 83.9 Å². The molecule has 1 aromatic rings. The number of likely N-dealkylation sites (tertiary alicyclic amines) is 1. The van der Waals surface area contributed by atoms with Crippen molar-refractivity contribution >= 4 is 17.7 Å². The minimum absolute atomic E-state index is 0.0781. The molecule has 5 aliphatic rings. The molecule has 1 aliphatic carbocycles. The molecule has 40 heavy (non-hydrogen) atoms. The standard InChI is InChI=1S/C31H44N6O2S/c1-4-28(38)37-15-14-36(19-23(37)10-12-32)29-25-9-11-31(17-22-8-7-21(2)16-27(22)40-31)18-26(25)33-30(34-29)39-20-24-6-5-13-35(24)3/h4,7-8,16,23-26,29-30,33-34H,1,5-6,9-11,13-15,17-20H2,2-3H3/t23?,24?,25?,26?,29?,30?,31-/m0/s1. The van der Waals surface area contributed by atoms with Crippen LogP contribution in [0.25, 0.3) is 0 Å². The number of carbonyl (C=O) groups is 1. The fraction of sp³-hybridized carbons (Fsp3) is 0.677. The Morgan fingerprint density at radius 3 is 2.92 bits per heavy atom. The Balaban J connectivity index is 1.20. The van der Waals surface area contributed by atoms with E-state index in [0.29, 0.717) is 44.1 Å². The van der Waals surface area contributed by atoms with Crippen molar-refractivity contribution in [3.05, 3.63) is 42.0 Å². The molecule has 1 spiro atoms. The average molecular weight is 565 g/mol. The zero-order chi connectivity index (χ0) is 27.9. The third kappa shape index (κ3) is 5.59. The van der Waals surface area contributed by atoms with Gasteiger partial charge in [0.25, 0.3) is 0 Å². The van der Waals surface area contributed by atoms with Crippen LogP contribution in [0.1, 0.15) is 49.7 Å². The van der Waals surface area contributed by atoms with Crippen LogP contribution >= 0.6 is 11.8 Å². The van der Waals surface area contributed by atoms with Crippen LogP contribution in [-0.2, 0) is 16.0 Å². The number of nitrogens with one attached hydrogen (secondary N) is 2. The molecule has 1 saturated carbocycles. The highest BCUT2D eigenvalue weighted by Gasteiger charge is 2.51. The van der Waals surface area contributed by atoms with Crippen LogP contribution in [0, 0.1) is 24.2 Å². The molecule has 216 valence electrons. The monoisotopic (exact) mass is 564 g/mol. The number of ether oxygens (including phenoxy) is 1. The Kier molecular flexibility index (Phi) is 8.28. The number of rotatable bonds is 6. The lowest BCUT2D eigenvalue weighted by atomic mass is 9.73. The van der Waals surface area contributed by atoms with E-state index in [9.17, 15) is 10.1 Å². The normalized spacial score (nSPS) is 36.3. The van der Waals surface area contributed by atoms with Gasteiger partial charge in [0, 0.05) is 47.3 Å². The summed E-state index contributed by atoms with van der Waals surface area (Å²) in [4.78, 5) is 20.7. The lowest BCUT2D eigenvalue weighted by molar-refractivity contribution is -0.135. The second-order valence-corrected chi connectivity index (χ2v) is 14.1. The summed E-state index contributed by atoms with van der Waals surface area (Å²) in [5.74, 6) is 0.362. The Morgan fingerprint density at radius 1 is 1.27 bits per heavy atom. The third-order valence-corrected chi connectivity index (χ3v) is 11.6. The molecule has 4 heterocycles. The van der Waals surface area contributed by atoms with Gasteiger partial charge >= 0.3 is 0 Å². The minimum atomic E-state index is -0.214. The van der Waals surface area contributed by atoms with E-state index in [-0.39, 0.29) is 29.2 Å².